The lowest BCUT2D eigenvalue weighted by molar-refractivity contribution is 1.06. The predicted molar refractivity (Wildman–Crippen MR) is 39.3 cm³/mol. The number of halogens is 1. The number of hydrogen-bond donors (Lipinski definition) is 0. The highest BCUT2D eigenvalue weighted by Crippen LogP contribution is 2.33. The van der Waals surface area contributed by atoms with Crippen LogP contribution >= 0.6 is 11.6 Å². The summed E-state index contributed by atoms with van der Waals surface area (Å²) in [7, 11) is 0. The quantitative estimate of drug-likeness (QED) is 0.483. The Morgan fingerprint density at radius 2 is 2.22 bits per heavy atom. The molecule has 0 fully saturated rings. The number of hydrogen-bond acceptors (Lipinski definition) is 0. The van der Waals surface area contributed by atoms with E-state index in [1.54, 1.807) is 0 Å². The van der Waals surface area contributed by atoms with Gasteiger partial charge in [0.05, 0.1) is 0 Å². The van der Waals surface area contributed by atoms with E-state index in [0.29, 0.717) is 0 Å². The largest absolute Gasteiger partial charge is 0.0843 e. The maximum Gasteiger partial charge on any atom is 0.0414 e. The van der Waals surface area contributed by atoms with Crippen molar-refractivity contribution in [2.45, 2.75) is 12.8 Å². The topological polar surface area (TPSA) is 0 Å². The van der Waals surface area contributed by atoms with Gasteiger partial charge < -0.3 is 0 Å². The summed E-state index contributed by atoms with van der Waals surface area (Å²) in [5, 5.41) is 0.885. The molecule has 0 aromatic heterocycles. The minimum absolute atomic E-state index is 0.885. The molecule has 0 bridgehead atoms. The molecule has 2 aliphatic rings. The SMILES string of the molecule is ClC1=CC2=CCCC2=C1. The van der Waals surface area contributed by atoms with Crippen LogP contribution < -0.4 is 0 Å². The minimum atomic E-state index is 0.885. The van der Waals surface area contributed by atoms with Crippen molar-refractivity contribution in [2.75, 3.05) is 0 Å². The summed E-state index contributed by atoms with van der Waals surface area (Å²) in [5.74, 6) is 0. The lowest BCUT2D eigenvalue weighted by Gasteiger charge is -1.87. The number of rotatable bonds is 0. The molecule has 0 aromatic carbocycles. The molecule has 0 heterocycles. The molecule has 0 aliphatic heterocycles. The zero-order valence-electron chi connectivity index (χ0n) is 5.02. The van der Waals surface area contributed by atoms with E-state index < -0.39 is 0 Å². The summed E-state index contributed by atoms with van der Waals surface area (Å²) in [6, 6.07) is 0. The van der Waals surface area contributed by atoms with Gasteiger partial charge in [0.25, 0.3) is 0 Å². The smallest absolute Gasteiger partial charge is 0.0414 e. The molecule has 9 heavy (non-hydrogen) atoms. The van der Waals surface area contributed by atoms with Gasteiger partial charge in [0.1, 0.15) is 0 Å². The molecule has 2 rings (SSSR count). The zero-order chi connectivity index (χ0) is 6.27. The van der Waals surface area contributed by atoms with E-state index in [9.17, 15) is 0 Å². The second-order valence-electron chi connectivity index (χ2n) is 2.40. The third-order valence-corrected chi connectivity index (χ3v) is 1.97. The van der Waals surface area contributed by atoms with Gasteiger partial charge in [0.15, 0.2) is 0 Å². The van der Waals surface area contributed by atoms with Crippen molar-refractivity contribution in [1.82, 2.24) is 0 Å². The normalized spacial score (nSPS) is 23.0. The van der Waals surface area contributed by atoms with E-state index in [-0.39, 0.29) is 0 Å². The molecule has 0 unspecified atom stereocenters. The van der Waals surface area contributed by atoms with Gasteiger partial charge in [-0.15, -0.1) is 0 Å². The molecule has 0 saturated carbocycles. The van der Waals surface area contributed by atoms with E-state index >= 15 is 0 Å². The first-order valence-corrected chi connectivity index (χ1v) is 3.52. The van der Waals surface area contributed by atoms with Crippen molar-refractivity contribution in [3.05, 3.63) is 34.4 Å². The van der Waals surface area contributed by atoms with Gasteiger partial charge in [-0.2, -0.15) is 0 Å². The first-order valence-electron chi connectivity index (χ1n) is 3.14. The molecule has 0 atom stereocenters. The Kier molecular flexibility index (Phi) is 1.03. The van der Waals surface area contributed by atoms with Gasteiger partial charge in [0, 0.05) is 5.03 Å². The van der Waals surface area contributed by atoms with Gasteiger partial charge >= 0.3 is 0 Å². The van der Waals surface area contributed by atoms with E-state index in [4.69, 9.17) is 11.6 Å². The molecule has 0 saturated heterocycles. The molecular formula is C8H7Cl. The standard InChI is InChI=1S/C8H7Cl/c9-8-4-6-2-1-3-7(6)5-8/h2,4-5H,1,3H2. The van der Waals surface area contributed by atoms with Crippen molar-refractivity contribution < 1.29 is 0 Å². The monoisotopic (exact) mass is 138 g/mol. The molecule has 46 valence electrons. The van der Waals surface area contributed by atoms with E-state index in [1.165, 1.54) is 24.0 Å². The highest BCUT2D eigenvalue weighted by molar-refractivity contribution is 6.32. The maximum atomic E-state index is 5.76. The first kappa shape index (κ1) is 5.31. The minimum Gasteiger partial charge on any atom is -0.0843 e. The molecular weight excluding hydrogens is 132 g/mol. The Labute approximate surface area is 59.5 Å². The van der Waals surface area contributed by atoms with Crippen LogP contribution in [0.25, 0.3) is 0 Å². The Morgan fingerprint density at radius 3 is 3.00 bits per heavy atom. The van der Waals surface area contributed by atoms with Crippen LogP contribution in [0.1, 0.15) is 12.8 Å². The van der Waals surface area contributed by atoms with Crippen LogP contribution in [0.3, 0.4) is 0 Å². The van der Waals surface area contributed by atoms with Gasteiger partial charge in [-0.25, -0.2) is 0 Å². The molecule has 0 radical (unpaired) electrons. The summed E-state index contributed by atoms with van der Waals surface area (Å²) in [6.45, 7) is 0. The Morgan fingerprint density at radius 1 is 1.33 bits per heavy atom. The summed E-state index contributed by atoms with van der Waals surface area (Å²) in [5.41, 5.74) is 2.76. The molecule has 0 amide bonds. The van der Waals surface area contributed by atoms with Crippen molar-refractivity contribution in [3.8, 4) is 0 Å². The first-order chi connectivity index (χ1) is 4.36. The summed E-state index contributed by atoms with van der Waals surface area (Å²) < 4.78 is 0. The van der Waals surface area contributed by atoms with E-state index in [0.717, 1.165) is 5.03 Å². The second-order valence-corrected chi connectivity index (χ2v) is 2.83. The molecule has 2 aliphatic carbocycles. The Balaban J connectivity index is 2.46. The van der Waals surface area contributed by atoms with Gasteiger partial charge in [-0.3, -0.25) is 0 Å². The zero-order valence-corrected chi connectivity index (χ0v) is 5.78. The van der Waals surface area contributed by atoms with Crippen LogP contribution in [0.4, 0.5) is 0 Å². The lowest BCUT2D eigenvalue weighted by atomic mass is 10.2. The molecule has 0 nitrogen and oxygen atoms in total. The number of fused-ring (bicyclic) bond motifs is 1. The van der Waals surface area contributed by atoms with Gasteiger partial charge in [-0.1, -0.05) is 17.7 Å². The Bertz CT molecular complexity index is 231. The average Bonchev–Trinajstić information content (AvgIpc) is 2.22. The predicted octanol–water partition coefficient (Wildman–Crippen LogP) is 2.77. The van der Waals surface area contributed by atoms with Crippen LogP contribution in [0, 0.1) is 0 Å². The Hall–Kier alpha value is -0.490. The molecule has 1 heteroatoms. The van der Waals surface area contributed by atoms with Crippen molar-refractivity contribution in [2.24, 2.45) is 0 Å². The van der Waals surface area contributed by atoms with Gasteiger partial charge in [-0.05, 0) is 36.1 Å². The fraction of sp³-hybridized carbons (Fsp3) is 0.250. The van der Waals surface area contributed by atoms with Crippen LogP contribution in [0.2, 0.25) is 0 Å². The van der Waals surface area contributed by atoms with Crippen molar-refractivity contribution in [1.29, 1.82) is 0 Å². The second kappa shape index (κ2) is 1.74. The fourth-order valence-corrected chi connectivity index (χ4v) is 1.57. The maximum absolute atomic E-state index is 5.76. The summed E-state index contributed by atoms with van der Waals surface area (Å²) in [6.07, 6.45) is 8.70. The van der Waals surface area contributed by atoms with Crippen LogP contribution in [-0.2, 0) is 0 Å². The van der Waals surface area contributed by atoms with Crippen LogP contribution in [0.15, 0.2) is 34.4 Å². The van der Waals surface area contributed by atoms with Crippen molar-refractivity contribution in [3.63, 3.8) is 0 Å². The molecule has 0 aromatic rings. The lowest BCUT2D eigenvalue weighted by Crippen LogP contribution is -1.69. The summed E-state index contributed by atoms with van der Waals surface area (Å²) in [4.78, 5) is 0. The van der Waals surface area contributed by atoms with Crippen molar-refractivity contribution >= 4 is 11.6 Å². The third-order valence-electron chi connectivity index (χ3n) is 1.75. The van der Waals surface area contributed by atoms with Gasteiger partial charge in [0.2, 0.25) is 0 Å². The van der Waals surface area contributed by atoms with E-state index in [1.807, 2.05) is 6.08 Å². The molecule has 0 N–H and O–H groups in total. The average molecular weight is 139 g/mol. The fourth-order valence-electron chi connectivity index (χ4n) is 1.32. The van der Waals surface area contributed by atoms with Crippen LogP contribution in [-0.4, -0.2) is 0 Å². The highest BCUT2D eigenvalue weighted by Gasteiger charge is 2.14. The summed E-state index contributed by atoms with van der Waals surface area (Å²) >= 11 is 5.76. The molecule has 0 spiro atoms. The number of allylic oxidation sites excluding steroid dienone is 6. The highest BCUT2D eigenvalue weighted by atomic mass is 35.5. The van der Waals surface area contributed by atoms with E-state index in [2.05, 4.69) is 12.2 Å². The third kappa shape index (κ3) is 0.744. The van der Waals surface area contributed by atoms with Crippen LogP contribution in [0.5, 0.6) is 0 Å².